The van der Waals surface area contributed by atoms with Gasteiger partial charge in [-0.2, -0.15) is 0 Å². The van der Waals surface area contributed by atoms with Gasteiger partial charge in [0.1, 0.15) is 0 Å². The molecule has 0 saturated carbocycles. The number of ether oxygens (including phenoxy) is 3. The van der Waals surface area contributed by atoms with Crippen LogP contribution in [0.2, 0.25) is 0 Å². The summed E-state index contributed by atoms with van der Waals surface area (Å²) >= 11 is 0. The van der Waals surface area contributed by atoms with E-state index in [1.54, 1.807) is 42.5 Å². The molecule has 0 aromatic heterocycles. The van der Waals surface area contributed by atoms with E-state index in [-0.39, 0.29) is 12.8 Å². The summed E-state index contributed by atoms with van der Waals surface area (Å²) in [6, 6.07) is 11.7. The van der Waals surface area contributed by atoms with E-state index in [1.165, 1.54) is 7.11 Å². The number of anilines is 1. The zero-order valence-corrected chi connectivity index (χ0v) is 13.0. The largest absolute Gasteiger partial charge is 0.465 e. The monoisotopic (exact) mass is 328 g/mol. The Morgan fingerprint density at radius 1 is 1.08 bits per heavy atom. The highest BCUT2D eigenvalue weighted by atomic mass is 16.7. The van der Waals surface area contributed by atoms with Crippen LogP contribution in [-0.4, -0.2) is 25.9 Å². The zero-order chi connectivity index (χ0) is 16.9. The van der Waals surface area contributed by atoms with Crippen molar-refractivity contribution in [3.8, 4) is 11.5 Å². The molecule has 0 fully saturated rings. The minimum absolute atomic E-state index is 0.187. The van der Waals surface area contributed by atoms with Crippen molar-refractivity contribution in [2.45, 2.75) is 6.54 Å². The number of urea groups is 1. The minimum Gasteiger partial charge on any atom is -0.465 e. The second-order valence-electron chi connectivity index (χ2n) is 5.06. The molecule has 1 aliphatic rings. The Bertz CT molecular complexity index is 758. The first-order valence-electron chi connectivity index (χ1n) is 7.27. The number of hydrogen-bond donors (Lipinski definition) is 2. The molecule has 0 bridgehead atoms. The van der Waals surface area contributed by atoms with Gasteiger partial charge in [-0.1, -0.05) is 12.1 Å². The van der Waals surface area contributed by atoms with Gasteiger partial charge in [0, 0.05) is 18.3 Å². The highest BCUT2D eigenvalue weighted by Crippen LogP contribution is 2.34. The third-order valence-electron chi connectivity index (χ3n) is 3.46. The molecule has 0 aliphatic carbocycles. The summed E-state index contributed by atoms with van der Waals surface area (Å²) in [7, 11) is 1.33. The lowest BCUT2D eigenvalue weighted by Crippen LogP contribution is -2.28. The Morgan fingerprint density at radius 3 is 2.58 bits per heavy atom. The van der Waals surface area contributed by atoms with Crippen LogP contribution in [0.4, 0.5) is 10.5 Å². The van der Waals surface area contributed by atoms with Gasteiger partial charge in [0.25, 0.3) is 0 Å². The Morgan fingerprint density at radius 2 is 1.83 bits per heavy atom. The standard InChI is InChI=1S/C17H16N2O5/c1-22-16(20)12-4-2-11(3-5-12)9-18-17(21)19-13-6-7-14-15(8-13)24-10-23-14/h2-8H,9-10H2,1H3,(H2,18,19,21). The zero-order valence-electron chi connectivity index (χ0n) is 13.0. The molecule has 24 heavy (non-hydrogen) atoms. The number of amides is 2. The topological polar surface area (TPSA) is 85.9 Å². The smallest absolute Gasteiger partial charge is 0.337 e. The molecule has 2 N–H and O–H groups in total. The van der Waals surface area contributed by atoms with Crippen LogP contribution in [0.3, 0.4) is 0 Å². The highest BCUT2D eigenvalue weighted by Gasteiger charge is 2.14. The van der Waals surface area contributed by atoms with E-state index in [2.05, 4.69) is 15.4 Å². The van der Waals surface area contributed by atoms with Crippen LogP contribution in [-0.2, 0) is 11.3 Å². The fraction of sp³-hybridized carbons (Fsp3) is 0.176. The van der Waals surface area contributed by atoms with E-state index < -0.39 is 5.97 Å². The molecule has 7 heteroatoms. The predicted molar refractivity (Wildman–Crippen MR) is 86.2 cm³/mol. The van der Waals surface area contributed by atoms with Crippen LogP contribution >= 0.6 is 0 Å². The summed E-state index contributed by atoms with van der Waals surface area (Å²) in [4.78, 5) is 23.3. The van der Waals surface area contributed by atoms with Crippen molar-refractivity contribution in [1.82, 2.24) is 5.32 Å². The molecule has 0 atom stereocenters. The molecule has 3 rings (SSSR count). The van der Waals surface area contributed by atoms with Crippen molar-refractivity contribution < 1.29 is 23.8 Å². The SMILES string of the molecule is COC(=O)c1ccc(CNC(=O)Nc2ccc3c(c2)OCO3)cc1. The van der Waals surface area contributed by atoms with Crippen LogP contribution < -0.4 is 20.1 Å². The lowest BCUT2D eigenvalue weighted by atomic mass is 10.1. The van der Waals surface area contributed by atoms with Gasteiger partial charge in [-0.05, 0) is 29.8 Å². The first-order chi connectivity index (χ1) is 11.7. The summed E-state index contributed by atoms with van der Waals surface area (Å²) in [5.74, 6) is 0.868. The average molecular weight is 328 g/mol. The van der Waals surface area contributed by atoms with Crippen LogP contribution in [0, 0.1) is 0 Å². The molecule has 0 unspecified atom stereocenters. The van der Waals surface area contributed by atoms with Crippen LogP contribution in [0.15, 0.2) is 42.5 Å². The molecule has 0 spiro atoms. The number of methoxy groups -OCH3 is 1. The number of carbonyl (C=O) groups excluding carboxylic acids is 2. The second kappa shape index (κ2) is 6.91. The van der Waals surface area contributed by atoms with Gasteiger partial charge in [-0.3, -0.25) is 0 Å². The van der Waals surface area contributed by atoms with Gasteiger partial charge >= 0.3 is 12.0 Å². The quantitative estimate of drug-likeness (QED) is 0.842. The molecule has 7 nitrogen and oxygen atoms in total. The normalized spacial score (nSPS) is 11.7. The third-order valence-corrected chi connectivity index (χ3v) is 3.46. The summed E-state index contributed by atoms with van der Waals surface area (Å²) in [5, 5.41) is 5.46. The van der Waals surface area contributed by atoms with Crippen LogP contribution in [0.5, 0.6) is 11.5 Å². The van der Waals surface area contributed by atoms with E-state index in [9.17, 15) is 9.59 Å². The number of benzene rings is 2. The van der Waals surface area contributed by atoms with Crippen LogP contribution in [0.1, 0.15) is 15.9 Å². The van der Waals surface area contributed by atoms with E-state index in [4.69, 9.17) is 9.47 Å². The molecule has 2 amide bonds. The van der Waals surface area contributed by atoms with Crippen molar-refractivity contribution in [3.05, 3.63) is 53.6 Å². The van der Waals surface area contributed by atoms with E-state index >= 15 is 0 Å². The maximum atomic E-state index is 11.9. The van der Waals surface area contributed by atoms with Gasteiger partial charge in [0.05, 0.1) is 12.7 Å². The number of hydrogen-bond acceptors (Lipinski definition) is 5. The van der Waals surface area contributed by atoms with E-state index in [0.717, 1.165) is 5.56 Å². The van der Waals surface area contributed by atoms with Gasteiger partial charge < -0.3 is 24.8 Å². The predicted octanol–water partition coefficient (Wildman–Crippen LogP) is 2.52. The average Bonchev–Trinajstić information content (AvgIpc) is 3.07. The van der Waals surface area contributed by atoms with Gasteiger partial charge in [-0.25, -0.2) is 9.59 Å². The maximum Gasteiger partial charge on any atom is 0.337 e. The van der Waals surface area contributed by atoms with Crippen molar-refractivity contribution in [3.63, 3.8) is 0 Å². The Labute approximate surface area is 138 Å². The van der Waals surface area contributed by atoms with E-state index in [1.807, 2.05) is 0 Å². The second-order valence-corrected chi connectivity index (χ2v) is 5.06. The lowest BCUT2D eigenvalue weighted by Gasteiger charge is -2.08. The van der Waals surface area contributed by atoms with E-state index in [0.29, 0.717) is 29.3 Å². The Kier molecular flexibility index (Phi) is 4.51. The van der Waals surface area contributed by atoms with Gasteiger partial charge in [0.15, 0.2) is 11.5 Å². The first kappa shape index (κ1) is 15.7. The van der Waals surface area contributed by atoms with Crippen molar-refractivity contribution >= 4 is 17.7 Å². The molecular weight excluding hydrogens is 312 g/mol. The Balaban J connectivity index is 1.53. The van der Waals surface area contributed by atoms with Crippen molar-refractivity contribution in [2.75, 3.05) is 19.2 Å². The molecule has 124 valence electrons. The summed E-state index contributed by atoms with van der Waals surface area (Å²) in [6.45, 7) is 0.518. The molecule has 1 aliphatic heterocycles. The number of esters is 1. The first-order valence-corrected chi connectivity index (χ1v) is 7.27. The van der Waals surface area contributed by atoms with Crippen LogP contribution in [0.25, 0.3) is 0 Å². The highest BCUT2D eigenvalue weighted by molar-refractivity contribution is 5.90. The number of rotatable bonds is 4. The molecule has 0 radical (unpaired) electrons. The molecule has 2 aromatic rings. The fourth-order valence-electron chi connectivity index (χ4n) is 2.21. The third kappa shape index (κ3) is 3.57. The molecule has 0 saturated heterocycles. The van der Waals surface area contributed by atoms with Gasteiger partial charge in [0.2, 0.25) is 6.79 Å². The number of carbonyl (C=O) groups is 2. The van der Waals surface area contributed by atoms with Gasteiger partial charge in [-0.15, -0.1) is 0 Å². The number of nitrogens with one attached hydrogen (secondary N) is 2. The Hall–Kier alpha value is -3.22. The summed E-state index contributed by atoms with van der Waals surface area (Å²) in [6.07, 6.45) is 0. The minimum atomic E-state index is -0.393. The molecule has 1 heterocycles. The molecule has 2 aromatic carbocycles. The lowest BCUT2D eigenvalue weighted by molar-refractivity contribution is 0.0600. The summed E-state index contributed by atoms with van der Waals surface area (Å²) in [5.41, 5.74) is 1.94. The van der Waals surface area contributed by atoms with Crippen molar-refractivity contribution in [1.29, 1.82) is 0 Å². The molecular formula is C17H16N2O5. The fourth-order valence-corrected chi connectivity index (χ4v) is 2.21. The number of fused-ring (bicyclic) bond motifs is 1. The van der Waals surface area contributed by atoms with Crippen molar-refractivity contribution in [2.24, 2.45) is 0 Å². The maximum absolute atomic E-state index is 11.9. The summed E-state index contributed by atoms with van der Waals surface area (Å²) < 4.78 is 15.1.